The van der Waals surface area contributed by atoms with Crippen molar-refractivity contribution in [1.29, 1.82) is 5.26 Å². The van der Waals surface area contributed by atoms with Crippen molar-refractivity contribution in [2.75, 3.05) is 11.1 Å². The number of carbonyl (C=O) groups excluding carboxylic acids is 1. The molecule has 0 radical (unpaired) electrons. The van der Waals surface area contributed by atoms with E-state index in [1.165, 1.54) is 22.9 Å². The zero-order chi connectivity index (χ0) is 28.3. The van der Waals surface area contributed by atoms with Crippen LogP contribution < -0.4 is 11.1 Å². The third-order valence-electron chi connectivity index (χ3n) is 8.08. The second-order valence-corrected chi connectivity index (χ2v) is 10.7. The molecule has 206 valence electrons. The van der Waals surface area contributed by atoms with Crippen molar-refractivity contribution in [2.24, 2.45) is 5.41 Å². The van der Waals surface area contributed by atoms with E-state index in [1.54, 1.807) is 13.8 Å². The summed E-state index contributed by atoms with van der Waals surface area (Å²) in [6.07, 6.45) is -4.25. The summed E-state index contributed by atoms with van der Waals surface area (Å²) >= 11 is 0. The van der Waals surface area contributed by atoms with Crippen molar-refractivity contribution in [3.63, 3.8) is 0 Å². The van der Waals surface area contributed by atoms with Crippen molar-refractivity contribution in [3.05, 3.63) is 46.7 Å². The Bertz CT molecular complexity index is 1490. The maximum atomic E-state index is 15.0. The molecule has 2 aromatic heterocycles. The quantitative estimate of drug-likeness (QED) is 0.376. The molecular formula is C26H25F5N6O2. The minimum absolute atomic E-state index is 0.0199. The molecule has 2 saturated carbocycles. The smallest absolute Gasteiger partial charge is 0.383 e. The predicted molar refractivity (Wildman–Crippen MR) is 129 cm³/mol. The van der Waals surface area contributed by atoms with E-state index in [-0.39, 0.29) is 59.4 Å². The monoisotopic (exact) mass is 548 g/mol. The minimum atomic E-state index is -4.29. The highest BCUT2D eigenvalue weighted by molar-refractivity contribution is 5.91. The first kappa shape index (κ1) is 26.6. The van der Waals surface area contributed by atoms with Crippen LogP contribution in [0.2, 0.25) is 0 Å². The van der Waals surface area contributed by atoms with Crippen molar-refractivity contribution in [3.8, 4) is 17.3 Å². The van der Waals surface area contributed by atoms with E-state index in [4.69, 9.17) is 10.3 Å². The maximum Gasteiger partial charge on any atom is 0.394 e. The van der Waals surface area contributed by atoms with E-state index in [2.05, 4.69) is 15.6 Å². The molecule has 0 unspecified atom stereocenters. The third kappa shape index (κ3) is 4.22. The average Bonchev–Trinajstić information content (AvgIpc) is 3.64. The first-order valence-electron chi connectivity index (χ1n) is 12.4. The number of rotatable bonds is 6. The molecule has 2 aliphatic carbocycles. The van der Waals surface area contributed by atoms with Crippen molar-refractivity contribution >= 4 is 17.6 Å². The molecule has 5 rings (SSSR count). The van der Waals surface area contributed by atoms with Gasteiger partial charge in [-0.25, -0.2) is 13.5 Å². The normalized spacial score (nSPS) is 22.4. The zero-order valence-corrected chi connectivity index (χ0v) is 21.1. The van der Waals surface area contributed by atoms with Crippen molar-refractivity contribution < 1.29 is 31.3 Å². The molecule has 0 spiro atoms. The number of amides is 1. The highest BCUT2D eigenvalue weighted by Gasteiger charge is 2.67. The van der Waals surface area contributed by atoms with Gasteiger partial charge in [0, 0.05) is 28.7 Å². The summed E-state index contributed by atoms with van der Waals surface area (Å²) < 4.78 is 77.3. The predicted octanol–water partition coefficient (Wildman–Crippen LogP) is 5.80. The Morgan fingerprint density at radius 1 is 1.23 bits per heavy atom. The molecule has 0 atom stereocenters. The van der Waals surface area contributed by atoms with E-state index >= 15 is 4.39 Å². The fourth-order valence-corrected chi connectivity index (χ4v) is 5.93. The molecule has 13 heteroatoms. The number of anilines is 2. The number of nitrogens with zero attached hydrogens (tertiary/aromatic N) is 4. The number of hydrogen-bond acceptors (Lipinski definition) is 6. The standard InChI is InChI=1S/C26H25F5N6O2/c1-13(2)37-23(33)16(11-32)22(35-37)15-4-3-14(20(27)21(15)28)9-18(38)34-19-10-17(36-39-19)24-5-7-25(12-24,8-6-24)26(29,30)31/h3-4,10,13H,5-9,12,33H2,1-2H3,(H,34,38). The van der Waals surface area contributed by atoms with Crippen molar-refractivity contribution in [1.82, 2.24) is 14.9 Å². The first-order valence-corrected chi connectivity index (χ1v) is 12.4. The Hall–Kier alpha value is -3.95. The van der Waals surface area contributed by atoms with Crippen LogP contribution in [0.1, 0.15) is 68.8 Å². The molecule has 3 aromatic rings. The number of nitrogens with two attached hydrogens (primary N) is 1. The summed E-state index contributed by atoms with van der Waals surface area (Å²) in [4.78, 5) is 12.6. The number of hydrogen-bond donors (Lipinski definition) is 2. The van der Waals surface area contributed by atoms with Crippen molar-refractivity contribution in [2.45, 2.75) is 70.0 Å². The van der Waals surface area contributed by atoms with Gasteiger partial charge in [0.05, 0.1) is 17.5 Å². The first-order chi connectivity index (χ1) is 18.3. The van der Waals surface area contributed by atoms with Gasteiger partial charge in [0.1, 0.15) is 23.1 Å². The Balaban J connectivity index is 1.31. The fraction of sp³-hybridized carbons (Fsp3) is 0.462. The average molecular weight is 549 g/mol. The van der Waals surface area contributed by atoms with Crippen LogP contribution in [0.4, 0.5) is 33.7 Å². The number of halogens is 5. The Morgan fingerprint density at radius 3 is 2.51 bits per heavy atom. The Morgan fingerprint density at radius 2 is 1.92 bits per heavy atom. The van der Waals surface area contributed by atoms with Crippen LogP contribution in [0, 0.1) is 28.4 Å². The lowest BCUT2D eigenvalue weighted by molar-refractivity contribution is -0.220. The van der Waals surface area contributed by atoms with Crippen LogP contribution in [0.25, 0.3) is 11.3 Å². The zero-order valence-electron chi connectivity index (χ0n) is 21.1. The van der Waals surface area contributed by atoms with E-state index in [9.17, 15) is 27.6 Å². The van der Waals surface area contributed by atoms with Gasteiger partial charge in [-0.2, -0.15) is 23.5 Å². The van der Waals surface area contributed by atoms with Crippen LogP contribution in [0.15, 0.2) is 22.7 Å². The molecule has 1 aromatic carbocycles. The number of carbonyl (C=O) groups is 1. The van der Waals surface area contributed by atoms with Gasteiger partial charge in [0.25, 0.3) is 0 Å². The third-order valence-corrected chi connectivity index (χ3v) is 8.08. The number of nitrogens with one attached hydrogen (secondary N) is 1. The molecule has 0 saturated heterocycles. The van der Waals surface area contributed by atoms with Crippen LogP contribution in [-0.4, -0.2) is 27.0 Å². The highest BCUT2D eigenvalue weighted by Crippen LogP contribution is 2.67. The van der Waals surface area contributed by atoms with E-state index in [1.807, 2.05) is 6.07 Å². The Labute approximate surface area is 219 Å². The summed E-state index contributed by atoms with van der Waals surface area (Å²) in [5.41, 5.74) is 3.07. The molecule has 39 heavy (non-hydrogen) atoms. The van der Waals surface area contributed by atoms with Gasteiger partial charge >= 0.3 is 6.18 Å². The highest BCUT2D eigenvalue weighted by atomic mass is 19.4. The van der Waals surface area contributed by atoms with Gasteiger partial charge in [-0.1, -0.05) is 11.2 Å². The molecule has 0 aliphatic heterocycles. The number of alkyl halides is 3. The summed E-state index contributed by atoms with van der Waals surface area (Å²) in [6, 6.07) is 5.46. The summed E-state index contributed by atoms with van der Waals surface area (Å²) in [5.74, 6) is -3.39. The lowest BCUT2D eigenvalue weighted by atomic mass is 9.80. The maximum absolute atomic E-state index is 15.0. The van der Waals surface area contributed by atoms with Crippen LogP contribution in [0.5, 0.6) is 0 Å². The molecule has 3 N–H and O–H groups in total. The fourth-order valence-electron chi connectivity index (χ4n) is 5.93. The largest absolute Gasteiger partial charge is 0.394 e. The number of benzene rings is 1. The second-order valence-electron chi connectivity index (χ2n) is 10.7. The van der Waals surface area contributed by atoms with Gasteiger partial charge in [-0.15, -0.1) is 0 Å². The molecule has 8 nitrogen and oxygen atoms in total. The number of aromatic nitrogens is 3. The Kier molecular flexibility index (Phi) is 6.19. The summed E-state index contributed by atoms with van der Waals surface area (Å²) in [5, 5.41) is 20.0. The van der Waals surface area contributed by atoms with Gasteiger partial charge < -0.3 is 10.3 Å². The van der Waals surface area contributed by atoms with E-state index in [0.29, 0.717) is 18.5 Å². The summed E-state index contributed by atoms with van der Waals surface area (Å²) in [7, 11) is 0. The molecule has 2 fully saturated rings. The van der Waals surface area contributed by atoms with Gasteiger partial charge in [-0.3, -0.25) is 10.1 Å². The molecule has 1 amide bonds. The molecule has 2 aliphatic rings. The topological polar surface area (TPSA) is 123 Å². The molecule has 2 bridgehead atoms. The van der Waals surface area contributed by atoms with Gasteiger partial charge in [-0.05, 0) is 52.0 Å². The molecular weight excluding hydrogens is 523 g/mol. The number of nitrogen functional groups attached to an aromatic ring is 1. The van der Waals surface area contributed by atoms with Crippen LogP contribution >= 0.6 is 0 Å². The lowest BCUT2D eigenvalue weighted by Gasteiger charge is -2.29. The number of fused-ring (bicyclic) bond motifs is 2. The molecule has 2 heterocycles. The minimum Gasteiger partial charge on any atom is -0.383 e. The lowest BCUT2D eigenvalue weighted by Crippen LogP contribution is -2.33. The van der Waals surface area contributed by atoms with E-state index < -0.39 is 41.0 Å². The number of nitriles is 1. The van der Waals surface area contributed by atoms with Gasteiger partial charge in [0.2, 0.25) is 11.8 Å². The second kappa shape index (κ2) is 9.07. The SMILES string of the molecule is CC(C)n1nc(-c2ccc(CC(=O)Nc3cc(C45CCC(C(F)(F)F)(CC4)C5)no3)c(F)c2F)c(C#N)c1N. The van der Waals surface area contributed by atoms with E-state index in [0.717, 1.165) is 0 Å². The summed E-state index contributed by atoms with van der Waals surface area (Å²) in [6.45, 7) is 3.53. The van der Waals surface area contributed by atoms with Gasteiger partial charge in [0.15, 0.2) is 11.6 Å². The van der Waals surface area contributed by atoms with Crippen LogP contribution in [0.3, 0.4) is 0 Å². The van der Waals surface area contributed by atoms with Crippen LogP contribution in [-0.2, 0) is 16.6 Å².